The quantitative estimate of drug-likeness (QED) is 0.739. The molecule has 0 radical (unpaired) electrons. The van der Waals surface area contributed by atoms with Crippen molar-refractivity contribution in [1.82, 2.24) is 5.32 Å². The maximum absolute atomic E-state index is 5.22. The summed E-state index contributed by atoms with van der Waals surface area (Å²) in [5.74, 6) is 2.15. The first-order valence-electron chi connectivity index (χ1n) is 5.64. The molecule has 0 saturated carbocycles. The number of methoxy groups -OCH3 is 1. The van der Waals surface area contributed by atoms with Gasteiger partial charge in [0.2, 0.25) is 0 Å². The third-order valence-electron chi connectivity index (χ3n) is 2.57. The van der Waals surface area contributed by atoms with Crippen LogP contribution >= 0.6 is 11.8 Å². The van der Waals surface area contributed by atoms with Crippen LogP contribution in [0.5, 0.6) is 5.75 Å². The van der Waals surface area contributed by atoms with E-state index in [1.165, 1.54) is 17.7 Å². The highest BCUT2D eigenvalue weighted by molar-refractivity contribution is 7.98. The van der Waals surface area contributed by atoms with E-state index in [0.717, 1.165) is 12.3 Å². The number of hydrogen-bond acceptors (Lipinski definition) is 3. The number of rotatable bonds is 7. The van der Waals surface area contributed by atoms with Gasteiger partial charge in [-0.2, -0.15) is 11.8 Å². The molecule has 0 saturated heterocycles. The molecule has 0 bridgehead atoms. The summed E-state index contributed by atoms with van der Waals surface area (Å²) in [4.78, 5) is 0. The third kappa shape index (κ3) is 4.45. The van der Waals surface area contributed by atoms with Gasteiger partial charge in [0.1, 0.15) is 5.75 Å². The molecule has 90 valence electrons. The highest BCUT2D eigenvalue weighted by Gasteiger charge is 2.04. The first-order chi connectivity index (χ1) is 7.77. The van der Waals surface area contributed by atoms with Crippen molar-refractivity contribution < 1.29 is 4.74 Å². The van der Waals surface area contributed by atoms with Crippen LogP contribution in [-0.4, -0.2) is 25.7 Å². The number of benzene rings is 1. The van der Waals surface area contributed by atoms with Crippen LogP contribution in [0.4, 0.5) is 0 Å². The second kappa shape index (κ2) is 7.58. The van der Waals surface area contributed by atoms with Gasteiger partial charge in [-0.1, -0.05) is 12.1 Å². The van der Waals surface area contributed by atoms with E-state index in [0.29, 0.717) is 6.04 Å². The fourth-order valence-corrected chi connectivity index (χ4v) is 2.00. The summed E-state index contributed by atoms with van der Waals surface area (Å²) in [5, 5.41) is 3.52. The van der Waals surface area contributed by atoms with E-state index in [2.05, 4.69) is 30.6 Å². The maximum atomic E-state index is 5.22. The molecule has 2 nitrogen and oxygen atoms in total. The average Bonchev–Trinajstić information content (AvgIpc) is 2.34. The first kappa shape index (κ1) is 13.4. The average molecular weight is 239 g/mol. The van der Waals surface area contributed by atoms with Crippen molar-refractivity contribution in [1.29, 1.82) is 0 Å². The van der Waals surface area contributed by atoms with Crippen LogP contribution in [0, 0.1) is 0 Å². The molecule has 1 rings (SSSR count). The predicted octanol–water partition coefficient (Wildman–Crippen LogP) is 3.10. The highest BCUT2D eigenvalue weighted by atomic mass is 32.2. The summed E-state index contributed by atoms with van der Waals surface area (Å²) in [6, 6.07) is 8.62. The SMILES string of the molecule is COc1cccc([C@H](C)NCCCSC)c1. The van der Waals surface area contributed by atoms with Crippen LogP contribution in [0.1, 0.15) is 24.9 Å². The number of hydrogen-bond donors (Lipinski definition) is 1. The molecule has 0 aliphatic carbocycles. The zero-order valence-electron chi connectivity index (χ0n) is 10.3. The zero-order chi connectivity index (χ0) is 11.8. The molecule has 0 heterocycles. The van der Waals surface area contributed by atoms with Gasteiger partial charge in [-0.15, -0.1) is 0 Å². The lowest BCUT2D eigenvalue weighted by atomic mass is 10.1. The number of thioether (sulfide) groups is 1. The fraction of sp³-hybridized carbons (Fsp3) is 0.538. The second-order valence-corrected chi connectivity index (χ2v) is 4.78. The van der Waals surface area contributed by atoms with Gasteiger partial charge in [0.15, 0.2) is 0 Å². The van der Waals surface area contributed by atoms with Crippen LogP contribution < -0.4 is 10.1 Å². The Morgan fingerprint density at radius 1 is 1.44 bits per heavy atom. The van der Waals surface area contributed by atoms with Gasteiger partial charge < -0.3 is 10.1 Å². The van der Waals surface area contributed by atoms with Crippen molar-refractivity contribution >= 4 is 11.8 Å². The van der Waals surface area contributed by atoms with Crippen LogP contribution in [0.3, 0.4) is 0 Å². The molecule has 1 N–H and O–H groups in total. The molecule has 3 heteroatoms. The lowest BCUT2D eigenvalue weighted by Gasteiger charge is -2.14. The van der Waals surface area contributed by atoms with E-state index in [1.807, 2.05) is 23.9 Å². The molecule has 1 atom stereocenters. The van der Waals surface area contributed by atoms with Crippen LogP contribution in [0.2, 0.25) is 0 Å². The Balaban J connectivity index is 2.42. The Bertz CT molecular complexity index is 304. The van der Waals surface area contributed by atoms with E-state index >= 15 is 0 Å². The molecule has 0 amide bonds. The summed E-state index contributed by atoms with van der Waals surface area (Å²) in [7, 11) is 1.70. The second-order valence-electron chi connectivity index (χ2n) is 3.80. The molecule has 0 aliphatic rings. The molecular formula is C13H21NOS. The van der Waals surface area contributed by atoms with E-state index in [1.54, 1.807) is 7.11 Å². The van der Waals surface area contributed by atoms with Crippen molar-refractivity contribution in [3.63, 3.8) is 0 Å². The normalized spacial score (nSPS) is 12.4. The molecular weight excluding hydrogens is 218 g/mol. The van der Waals surface area contributed by atoms with E-state index in [-0.39, 0.29) is 0 Å². The standard InChI is InChI=1S/C13H21NOS/c1-11(14-8-5-9-16-3)12-6-4-7-13(10-12)15-2/h4,6-7,10-11,14H,5,8-9H2,1-3H3/t11-/m0/s1. The van der Waals surface area contributed by atoms with Gasteiger partial charge >= 0.3 is 0 Å². The largest absolute Gasteiger partial charge is 0.497 e. The highest BCUT2D eigenvalue weighted by Crippen LogP contribution is 2.18. The molecule has 16 heavy (non-hydrogen) atoms. The minimum Gasteiger partial charge on any atom is -0.497 e. The van der Waals surface area contributed by atoms with Gasteiger partial charge in [-0.25, -0.2) is 0 Å². The van der Waals surface area contributed by atoms with Crippen molar-refractivity contribution in [2.75, 3.05) is 25.7 Å². The Kier molecular flexibility index (Phi) is 6.34. The van der Waals surface area contributed by atoms with Gasteiger partial charge in [0.25, 0.3) is 0 Å². The lowest BCUT2D eigenvalue weighted by molar-refractivity contribution is 0.413. The van der Waals surface area contributed by atoms with E-state index < -0.39 is 0 Å². The van der Waals surface area contributed by atoms with Crippen LogP contribution in [0.15, 0.2) is 24.3 Å². The number of nitrogens with one attached hydrogen (secondary N) is 1. The fourth-order valence-electron chi connectivity index (χ4n) is 1.56. The van der Waals surface area contributed by atoms with Gasteiger partial charge in [0, 0.05) is 6.04 Å². The maximum Gasteiger partial charge on any atom is 0.119 e. The summed E-state index contributed by atoms with van der Waals surface area (Å²) >= 11 is 1.90. The van der Waals surface area contributed by atoms with Gasteiger partial charge in [0.05, 0.1) is 7.11 Å². The van der Waals surface area contributed by atoms with Crippen LogP contribution in [0.25, 0.3) is 0 Å². The summed E-state index contributed by atoms with van der Waals surface area (Å²) in [6.45, 7) is 3.26. The minimum atomic E-state index is 0.386. The zero-order valence-corrected chi connectivity index (χ0v) is 11.1. The molecule has 0 aromatic heterocycles. The molecule has 0 unspecified atom stereocenters. The van der Waals surface area contributed by atoms with E-state index in [4.69, 9.17) is 4.74 Å². The van der Waals surface area contributed by atoms with Crippen molar-refractivity contribution in [3.8, 4) is 5.75 Å². The summed E-state index contributed by atoms with van der Waals surface area (Å²) in [6.07, 6.45) is 3.36. The van der Waals surface area contributed by atoms with Gasteiger partial charge in [-0.05, 0) is 49.6 Å². The summed E-state index contributed by atoms with van der Waals surface area (Å²) in [5.41, 5.74) is 1.28. The molecule has 1 aromatic carbocycles. The lowest BCUT2D eigenvalue weighted by Crippen LogP contribution is -2.20. The Labute approximate surface area is 103 Å². The Hall–Kier alpha value is -0.670. The topological polar surface area (TPSA) is 21.3 Å². The van der Waals surface area contributed by atoms with E-state index in [9.17, 15) is 0 Å². The monoisotopic (exact) mass is 239 g/mol. The Morgan fingerprint density at radius 3 is 2.94 bits per heavy atom. The molecule has 1 aromatic rings. The third-order valence-corrected chi connectivity index (χ3v) is 3.27. The van der Waals surface area contributed by atoms with Crippen LogP contribution in [-0.2, 0) is 0 Å². The smallest absolute Gasteiger partial charge is 0.119 e. The van der Waals surface area contributed by atoms with Gasteiger partial charge in [-0.3, -0.25) is 0 Å². The molecule has 0 fully saturated rings. The Morgan fingerprint density at radius 2 is 2.25 bits per heavy atom. The first-order valence-corrected chi connectivity index (χ1v) is 7.03. The van der Waals surface area contributed by atoms with Crippen molar-refractivity contribution in [3.05, 3.63) is 29.8 Å². The van der Waals surface area contributed by atoms with Crippen molar-refractivity contribution in [2.24, 2.45) is 0 Å². The minimum absolute atomic E-state index is 0.386. The molecule has 0 aliphatic heterocycles. The molecule has 0 spiro atoms. The number of ether oxygens (including phenoxy) is 1. The van der Waals surface area contributed by atoms with Crippen molar-refractivity contribution in [2.45, 2.75) is 19.4 Å². The summed E-state index contributed by atoms with van der Waals surface area (Å²) < 4.78 is 5.22. The predicted molar refractivity (Wildman–Crippen MR) is 72.4 cm³/mol.